The minimum atomic E-state index is -0.129. The van der Waals surface area contributed by atoms with Gasteiger partial charge in [0.2, 0.25) is 5.95 Å². The molecular weight excluding hydrogens is 380 g/mol. The molecule has 30 heavy (non-hydrogen) atoms. The second kappa shape index (κ2) is 9.21. The number of benzene rings is 1. The van der Waals surface area contributed by atoms with Crippen LogP contribution in [-0.2, 0) is 0 Å². The fourth-order valence-corrected chi connectivity index (χ4v) is 3.37. The van der Waals surface area contributed by atoms with Crippen LogP contribution in [0.15, 0.2) is 60.9 Å². The molecule has 4 rings (SSSR count). The molecule has 1 aliphatic rings. The van der Waals surface area contributed by atoms with Crippen LogP contribution in [0.4, 0.5) is 17.5 Å². The van der Waals surface area contributed by atoms with Crippen molar-refractivity contribution in [1.82, 2.24) is 20.3 Å². The van der Waals surface area contributed by atoms with Crippen LogP contribution in [0.2, 0.25) is 0 Å². The number of hydrogen-bond donors (Lipinski definition) is 2. The van der Waals surface area contributed by atoms with Gasteiger partial charge in [0.05, 0.1) is 7.11 Å². The molecule has 1 fully saturated rings. The molecule has 0 bridgehead atoms. The number of ether oxygens (including phenoxy) is 1. The van der Waals surface area contributed by atoms with Crippen molar-refractivity contribution in [2.75, 3.05) is 30.4 Å². The fraction of sp³-hybridized carbons (Fsp3) is 0.273. The lowest BCUT2D eigenvalue weighted by molar-refractivity contribution is 0.0926. The molecule has 1 aliphatic heterocycles. The summed E-state index contributed by atoms with van der Waals surface area (Å²) in [5, 5.41) is 6.36. The van der Waals surface area contributed by atoms with Crippen molar-refractivity contribution >= 4 is 23.4 Å². The largest absolute Gasteiger partial charge is 0.497 e. The normalized spacial score (nSPS) is 14.2. The molecule has 1 saturated heterocycles. The number of hydrogen-bond acceptors (Lipinski definition) is 7. The topological polar surface area (TPSA) is 92.3 Å². The number of aromatic nitrogens is 3. The van der Waals surface area contributed by atoms with Crippen molar-refractivity contribution in [3.05, 3.63) is 66.6 Å². The zero-order valence-electron chi connectivity index (χ0n) is 16.8. The monoisotopic (exact) mass is 404 g/mol. The van der Waals surface area contributed by atoms with Gasteiger partial charge < -0.3 is 20.3 Å². The number of carbonyl (C=O) groups excluding carboxylic acids is 1. The van der Waals surface area contributed by atoms with E-state index in [1.165, 1.54) is 0 Å². The Morgan fingerprint density at radius 3 is 2.53 bits per heavy atom. The summed E-state index contributed by atoms with van der Waals surface area (Å²) < 4.78 is 5.19. The van der Waals surface area contributed by atoms with Crippen molar-refractivity contribution < 1.29 is 9.53 Å². The van der Waals surface area contributed by atoms with Crippen LogP contribution < -0.4 is 20.3 Å². The van der Waals surface area contributed by atoms with Crippen LogP contribution in [0.1, 0.15) is 23.3 Å². The first kappa shape index (κ1) is 19.6. The summed E-state index contributed by atoms with van der Waals surface area (Å²) in [5.41, 5.74) is 1.37. The number of nitrogens with zero attached hydrogens (tertiary/aromatic N) is 4. The van der Waals surface area contributed by atoms with E-state index in [1.807, 2.05) is 36.4 Å². The molecule has 0 aliphatic carbocycles. The number of carbonyl (C=O) groups is 1. The van der Waals surface area contributed by atoms with Gasteiger partial charge in [0.1, 0.15) is 17.3 Å². The fourth-order valence-electron chi connectivity index (χ4n) is 3.37. The average molecular weight is 404 g/mol. The Morgan fingerprint density at radius 2 is 1.83 bits per heavy atom. The maximum absolute atomic E-state index is 12.3. The second-order valence-corrected chi connectivity index (χ2v) is 7.05. The maximum atomic E-state index is 12.3. The third kappa shape index (κ3) is 4.83. The Bertz CT molecular complexity index is 972. The minimum absolute atomic E-state index is 0.122. The zero-order valence-corrected chi connectivity index (χ0v) is 16.8. The molecule has 1 aromatic carbocycles. The van der Waals surface area contributed by atoms with Gasteiger partial charge in [-0.15, -0.1) is 0 Å². The summed E-state index contributed by atoms with van der Waals surface area (Å²) in [5.74, 6) is 2.09. The van der Waals surface area contributed by atoms with Crippen molar-refractivity contribution in [1.29, 1.82) is 0 Å². The predicted octanol–water partition coefficient (Wildman–Crippen LogP) is 3.02. The van der Waals surface area contributed by atoms with Crippen molar-refractivity contribution in [3.8, 4) is 5.75 Å². The number of nitrogens with one attached hydrogen (secondary N) is 2. The molecule has 0 radical (unpaired) electrons. The Hall–Kier alpha value is -3.68. The van der Waals surface area contributed by atoms with E-state index >= 15 is 0 Å². The van der Waals surface area contributed by atoms with E-state index in [0.717, 1.165) is 43.2 Å². The molecule has 1 amide bonds. The third-order valence-corrected chi connectivity index (χ3v) is 5.02. The van der Waals surface area contributed by atoms with Crippen LogP contribution in [0.3, 0.4) is 0 Å². The third-order valence-electron chi connectivity index (χ3n) is 5.02. The molecule has 2 N–H and O–H groups in total. The molecule has 154 valence electrons. The second-order valence-electron chi connectivity index (χ2n) is 7.05. The van der Waals surface area contributed by atoms with E-state index in [9.17, 15) is 4.79 Å². The van der Waals surface area contributed by atoms with Gasteiger partial charge in [-0.3, -0.25) is 9.78 Å². The number of amides is 1. The highest BCUT2D eigenvalue weighted by atomic mass is 16.5. The zero-order chi connectivity index (χ0) is 20.8. The number of rotatable bonds is 6. The van der Waals surface area contributed by atoms with E-state index in [1.54, 1.807) is 31.6 Å². The summed E-state index contributed by atoms with van der Waals surface area (Å²) in [7, 11) is 1.65. The lowest BCUT2D eigenvalue weighted by Crippen LogP contribution is -2.45. The van der Waals surface area contributed by atoms with Crippen LogP contribution in [0, 0.1) is 0 Å². The van der Waals surface area contributed by atoms with Crippen molar-refractivity contribution in [3.63, 3.8) is 0 Å². The maximum Gasteiger partial charge on any atom is 0.270 e. The number of pyridine rings is 1. The first-order valence-corrected chi connectivity index (χ1v) is 9.92. The number of anilines is 3. The lowest BCUT2D eigenvalue weighted by atomic mass is 10.1. The van der Waals surface area contributed by atoms with E-state index in [4.69, 9.17) is 4.74 Å². The quantitative estimate of drug-likeness (QED) is 0.652. The summed E-state index contributed by atoms with van der Waals surface area (Å²) in [6, 6.07) is 15.0. The van der Waals surface area contributed by atoms with E-state index in [-0.39, 0.29) is 11.9 Å². The smallest absolute Gasteiger partial charge is 0.270 e. The Kier molecular flexibility index (Phi) is 6.03. The molecule has 0 unspecified atom stereocenters. The SMILES string of the molecule is COc1ccc(Nc2ccnc(N3CCC(NC(=O)c4ccccn4)CC3)n2)cc1. The standard InChI is InChI=1S/C22H24N6O2/c1-30-18-7-5-16(6-8-18)25-20-9-13-24-22(27-20)28-14-10-17(11-15-28)26-21(29)19-4-2-3-12-23-19/h2-9,12-13,17H,10-11,14-15H2,1H3,(H,26,29)(H,24,25,27). The number of piperidine rings is 1. The Morgan fingerprint density at radius 1 is 1.03 bits per heavy atom. The summed E-state index contributed by atoms with van der Waals surface area (Å²) in [6.45, 7) is 1.55. The van der Waals surface area contributed by atoms with Gasteiger partial charge in [-0.05, 0) is 55.3 Å². The highest BCUT2D eigenvalue weighted by molar-refractivity contribution is 5.92. The first-order valence-electron chi connectivity index (χ1n) is 9.92. The molecule has 8 nitrogen and oxygen atoms in total. The van der Waals surface area contributed by atoms with Crippen LogP contribution >= 0.6 is 0 Å². The van der Waals surface area contributed by atoms with E-state index in [2.05, 4.69) is 30.5 Å². The van der Waals surface area contributed by atoms with Gasteiger partial charge in [0, 0.05) is 37.2 Å². The average Bonchev–Trinajstić information content (AvgIpc) is 2.81. The highest BCUT2D eigenvalue weighted by Crippen LogP contribution is 2.21. The lowest BCUT2D eigenvalue weighted by Gasteiger charge is -2.32. The predicted molar refractivity (Wildman–Crippen MR) is 115 cm³/mol. The Balaban J connectivity index is 1.33. The molecule has 2 aromatic heterocycles. The molecule has 3 aromatic rings. The van der Waals surface area contributed by atoms with Gasteiger partial charge in [0.15, 0.2) is 0 Å². The first-order chi connectivity index (χ1) is 14.7. The van der Waals surface area contributed by atoms with Crippen LogP contribution in [0.25, 0.3) is 0 Å². The van der Waals surface area contributed by atoms with Crippen LogP contribution in [0.5, 0.6) is 5.75 Å². The van der Waals surface area contributed by atoms with Crippen molar-refractivity contribution in [2.45, 2.75) is 18.9 Å². The minimum Gasteiger partial charge on any atom is -0.497 e. The van der Waals surface area contributed by atoms with Gasteiger partial charge in [0.25, 0.3) is 5.91 Å². The van der Waals surface area contributed by atoms with Crippen LogP contribution in [-0.4, -0.2) is 47.1 Å². The Labute approximate surface area is 175 Å². The summed E-state index contributed by atoms with van der Waals surface area (Å²) in [4.78, 5) is 27.6. The molecular formula is C22H24N6O2. The van der Waals surface area contributed by atoms with E-state index in [0.29, 0.717) is 11.6 Å². The molecule has 0 spiro atoms. The van der Waals surface area contributed by atoms with Gasteiger partial charge in [-0.25, -0.2) is 4.98 Å². The molecule has 8 heteroatoms. The molecule has 0 atom stereocenters. The summed E-state index contributed by atoms with van der Waals surface area (Å²) >= 11 is 0. The molecule has 3 heterocycles. The molecule has 0 saturated carbocycles. The highest BCUT2D eigenvalue weighted by Gasteiger charge is 2.23. The van der Waals surface area contributed by atoms with Gasteiger partial charge in [-0.2, -0.15) is 4.98 Å². The van der Waals surface area contributed by atoms with Crippen molar-refractivity contribution in [2.24, 2.45) is 0 Å². The van der Waals surface area contributed by atoms with E-state index < -0.39 is 0 Å². The number of methoxy groups -OCH3 is 1. The van der Waals surface area contributed by atoms with Gasteiger partial charge >= 0.3 is 0 Å². The summed E-state index contributed by atoms with van der Waals surface area (Å²) in [6.07, 6.45) is 5.04. The van der Waals surface area contributed by atoms with Gasteiger partial charge in [-0.1, -0.05) is 6.07 Å².